The monoisotopic (exact) mass is 400 g/mol. The lowest BCUT2D eigenvalue weighted by Crippen LogP contribution is -2.54. The summed E-state index contributed by atoms with van der Waals surface area (Å²) in [5.74, 6) is 0.595. The molecule has 0 aromatic carbocycles. The van der Waals surface area contributed by atoms with Gasteiger partial charge >= 0.3 is 0 Å². The number of amides is 2. The summed E-state index contributed by atoms with van der Waals surface area (Å²) in [5, 5.41) is 0. The van der Waals surface area contributed by atoms with Crippen LogP contribution in [-0.2, 0) is 9.59 Å². The molecule has 4 heterocycles. The number of rotatable bonds is 4. The zero-order valence-corrected chi connectivity index (χ0v) is 17.5. The van der Waals surface area contributed by atoms with E-state index in [0.717, 1.165) is 37.9 Å². The van der Waals surface area contributed by atoms with Crippen LogP contribution in [0.1, 0.15) is 49.8 Å². The van der Waals surface area contributed by atoms with Crippen molar-refractivity contribution in [1.82, 2.24) is 19.3 Å². The largest absolute Gasteiger partial charge is 0.340 e. The highest BCUT2D eigenvalue weighted by Gasteiger charge is 2.42. The number of carbonyl (C=O) groups excluding carboxylic acids is 2. The third-order valence-electron chi connectivity index (χ3n) is 6.70. The van der Waals surface area contributed by atoms with Crippen LogP contribution < -0.4 is 5.56 Å². The second kappa shape index (κ2) is 8.30. The van der Waals surface area contributed by atoms with Crippen molar-refractivity contribution < 1.29 is 9.59 Å². The van der Waals surface area contributed by atoms with Gasteiger partial charge in [-0.25, -0.2) is 0 Å². The minimum Gasteiger partial charge on any atom is -0.340 e. The average molecular weight is 401 g/mol. The Kier molecular flexibility index (Phi) is 5.76. The van der Waals surface area contributed by atoms with E-state index >= 15 is 0 Å². The molecular formula is C22H32N4O3. The first-order chi connectivity index (χ1) is 13.9. The van der Waals surface area contributed by atoms with E-state index in [0.29, 0.717) is 26.1 Å². The Bertz CT molecular complexity index is 834. The fraction of sp³-hybridized carbons (Fsp3) is 0.682. The summed E-state index contributed by atoms with van der Waals surface area (Å²) >= 11 is 0. The van der Waals surface area contributed by atoms with Crippen molar-refractivity contribution in [3.8, 4) is 0 Å². The highest BCUT2D eigenvalue weighted by molar-refractivity contribution is 5.85. The molecule has 0 N–H and O–H groups in total. The van der Waals surface area contributed by atoms with Gasteiger partial charge in [-0.05, 0) is 45.3 Å². The fourth-order valence-electron chi connectivity index (χ4n) is 5.32. The minimum absolute atomic E-state index is 0.0466. The smallest absolute Gasteiger partial charge is 0.251 e. The maximum absolute atomic E-state index is 13.1. The van der Waals surface area contributed by atoms with Crippen molar-refractivity contribution in [1.29, 1.82) is 0 Å². The SMILES string of the molecule is CN(C)C[C@H]1[C@H]2C[C@H](CN(C(=O)CN3CCCCCC3=O)C2)c2cccc(=O)n21. The Labute approximate surface area is 172 Å². The topological polar surface area (TPSA) is 65.9 Å². The van der Waals surface area contributed by atoms with E-state index in [-0.39, 0.29) is 41.8 Å². The van der Waals surface area contributed by atoms with Gasteiger partial charge in [0.1, 0.15) is 0 Å². The van der Waals surface area contributed by atoms with Gasteiger partial charge in [-0.3, -0.25) is 14.4 Å². The average Bonchev–Trinajstić information content (AvgIpc) is 2.89. The zero-order chi connectivity index (χ0) is 20.5. The van der Waals surface area contributed by atoms with Crippen molar-refractivity contribution in [2.45, 2.75) is 44.1 Å². The van der Waals surface area contributed by atoms with Crippen LogP contribution in [0.15, 0.2) is 23.0 Å². The standard InChI is InChI=1S/C22H32N4O3/c1-23(2)14-19-17-11-16(18-7-6-9-21(28)26(18)19)12-25(13-17)22(29)15-24-10-5-3-4-8-20(24)27/h6-7,9,16-17,19H,3-5,8,10-15H2,1-2H3/t16-,17+,19+/m1/s1. The summed E-state index contributed by atoms with van der Waals surface area (Å²) in [6.07, 6.45) is 4.52. The van der Waals surface area contributed by atoms with Gasteiger partial charge in [0.05, 0.1) is 12.6 Å². The Morgan fingerprint density at radius 1 is 1.14 bits per heavy atom. The number of hydrogen-bond acceptors (Lipinski definition) is 4. The van der Waals surface area contributed by atoms with Gasteiger partial charge in [0.15, 0.2) is 0 Å². The Hall–Kier alpha value is -2.15. The van der Waals surface area contributed by atoms with Gasteiger partial charge in [-0.1, -0.05) is 12.5 Å². The van der Waals surface area contributed by atoms with Crippen molar-refractivity contribution in [3.63, 3.8) is 0 Å². The predicted octanol–water partition coefficient (Wildman–Crippen LogP) is 1.30. The quantitative estimate of drug-likeness (QED) is 0.764. The van der Waals surface area contributed by atoms with E-state index < -0.39 is 0 Å². The number of pyridine rings is 1. The highest BCUT2D eigenvalue weighted by Crippen LogP contribution is 2.41. The first kappa shape index (κ1) is 20.1. The van der Waals surface area contributed by atoms with Crippen LogP contribution in [-0.4, -0.2) is 77.9 Å². The summed E-state index contributed by atoms with van der Waals surface area (Å²) < 4.78 is 1.97. The lowest BCUT2D eigenvalue weighted by molar-refractivity contribution is -0.142. The molecule has 7 heteroatoms. The summed E-state index contributed by atoms with van der Waals surface area (Å²) in [5.41, 5.74) is 1.10. The molecule has 2 saturated heterocycles. The molecule has 0 saturated carbocycles. The molecule has 1 aromatic heterocycles. The van der Waals surface area contributed by atoms with E-state index in [9.17, 15) is 14.4 Å². The Balaban J connectivity index is 1.55. The molecule has 4 rings (SSSR count). The molecule has 0 aliphatic carbocycles. The third-order valence-corrected chi connectivity index (χ3v) is 6.70. The van der Waals surface area contributed by atoms with E-state index in [1.807, 2.05) is 35.7 Å². The minimum atomic E-state index is 0.0466. The second-order valence-corrected chi connectivity index (χ2v) is 9.11. The summed E-state index contributed by atoms with van der Waals surface area (Å²) in [7, 11) is 4.05. The second-order valence-electron chi connectivity index (χ2n) is 9.11. The molecule has 29 heavy (non-hydrogen) atoms. The van der Waals surface area contributed by atoms with Crippen LogP contribution in [0, 0.1) is 5.92 Å². The van der Waals surface area contributed by atoms with E-state index in [1.54, 1.807) is 11.0 Å². The van der Waals surface area contributed by atoms with Gasteiger partial charge < -0.3 is 19.3 Å². The van der Waals surface area contributed by atoms with Gasteiger partial charge in [0, 0.05) is 50.3 Å². The maximum Gasteiger partial charge on any atom is 0.251 e. The van der Waals surface area contributed by atoms with E-state index in [2.05, 4.69) is 4.90 Å². The number of aromatic nitrogens is 1. The molecular weight excluding hydrogens is 368 g/mol. The normalized spacial score (nSPS) is 27.0. The van der Waals surface area contributed by atoms with Gasteiger partial charge in [0.2, 0.25) is 11.8 Å². The molecule has 158 valence electrons. The molecule has 0 radical (unpaired) electrons. The van der Waals surface area contributed by atoms with Crippen LogP contribution in [0.5, 0.6) is 0 Å². The molecule has 1 aromatic rings. The lowest BCUT2D eigenvalue weighted by Gasteiger charge is -2.47. The molecule has 2 amide bonds. The van der Waals surface area contributed by atoms with Crippen LogP contribution in [0.25, 0.3) is 0 Å². The first-order valence-corrected chi connectivity index (χ1v) is 10.9. The van der Waals surface area contributed by atoms with E-state index in [4.69, 9.17) is 0 Å². The molecule has 2 fully saturated rings. The van der Waals surface area contributed by atoms with Crippen LogP contribution in [0.3, 0.4) is 0 Å². The fourth-order valence-corrected chi connectivity index (χ4v) is 5.32. The number of hydrogen-bond donors (Lipinski definition) is 0. The number of carbonyl (C=O) groups is 2. The lowest BCUT2D eigenvalue weighted by atomic mass is 9.78. The van der Waals surface area contributed by atoms with Crippen LogP contribution in [0.4, 0.5) is 0 Å². The number of likely N-dealkylation sites (N-methyl/N-ethyl adjacent to an activating group) is 1. The third kappa shape index (κ3) is 4.10. The van der Waals surface area contributed by atoms with Gasteiger partial charge in [-0.15, -0.1) is 0 Å². The highest BCUT2D eigenvalue weighted by atomic mass is 16.2. The molecule has 0 spiro atoms. The van der Waals surface area contributed by atoms with Gasteiger partial charge in [0.25, 0.3) is 5.56 Å². The van der Waals surface area contributed by atoms with Crippen molar-refractivity contribution in [2.75, 3.05) is 46.8 Å². The molecule has 7 nitrogen and oxygen atoms in total. The number of likely N-dealkylation sites (tertiary alicyclic amines) is 2. The molecule has 3 aliphatic heterocycles. The number of nitrogens with zero attached hydrogens (tertiary/aromatic N) is 4. The Morgan fingerprint density at radius 3 is 2.76 bits per heavy atom. The van der Waals surface area contributed by atoms with Crippen LogP contribution >= 0.6 is 0 Å². The summed E-state index contributed by atoms with van der Waals surface area (Å²) in [6.45, 7) is 2.96. The van der Waals surface area contributed by atoms with Crippen molar-refractivity contribution in [2.24, 2.45) is 5.92 Å². The molecule has 0 unspecified atom stereocenters. The van der Waals surface area contributed by atoms with Crippen molar-refractivity contribution in [3.05, 3.63) is 34.2 Å². The maximum atomic E-state index is 13.1. The molecule has 2 bridgehead atoms. The Morgan fingerprint density at radius 2 is 1.97 bits per heavy atom. The summed E-state index contributed by atoms with van der Waals surface area (Å²) in [4.78, 5) is 43.9. The zero-order valence-electron chi connectivity index (χ0n) is 17.5. The van der Waals surface area contributed by atoms with Gasteiger partial charge in [-0.2, -0.15) is 0 Å². The predicted molar refractivity (Wildman–Crippen MR) is 111 cm³/mol. The first-order valence-electron chi connectivity index (χ1n) is 10.9. The van der Waals surface area contributed by atoms with Crippen LogP contribution in [0.2, 0.25) is 0 Å². The molecule has 3 aliphatic rings. The molecule has 3 atom stereocenters. The van der Waals surface area contributed by atoms with E-state index in [1.165, 1.54) is 0 Å². The summed E-state index contributed by atoms with van der Waals surface area (Å²) in [6, 6.07) is 5.58. The number of fused-ring (bicyclic) bond motifs is 4. The van der Waals surface area contributed by atoms with Crippen molar-refractivity contribution >= 4 is 11.8 Å². The number of piperidine rings is 1.